The van der Waals surface area contributed by atoms with Crippen LogP contribution in [0.5, 0.6) is 0 Å². The summed E-state index contributed by atoms with van der Waals surface area (Å²) in [6.07, 6.45) is 3.43. The first-order chi connectivity index (χ1) is 11.0. The van der Waals surface area contributed by atoms with Crippen molar-refractivity contribution < 1.29 is 4.52 Å². The third kappa shape index (κ3) is 4.03. The monoisotopic (exact) mass is 309 g/mol. The van der Waals surface area contributed by atoms with Crippen molar-refractivity contribution in [3.8, 4) is 22.8 Å². The van der Waals surface area contributed by atoms with Crippen LogP contribution in [-0.4, -0.2) is 15.1 Å². The largest absolute Gasteiger partial charge is 0.334 e. The van der Waals surface area contributed by atoms with Crippen molar-refractivity contribution in [2.24, 2.45) is 0 Å². The fourth-order valence-electron chi connectivity index (χ4n) is 2.08. The predicted octanol–water partition coefficient (Wildman–Crippen LogP) is 5.12. The summed E-state index contributed by atoms with van der Waals surface area (Å²) in [5.74, 6) is 1.11. The molecule has 0 amide bonds. The molecule has 0 N–H and O–H groups in total. The number of nitrogens with zero attached hydrogens (tertiary/aromatic N) is 3. The van der Waals surface area contributed by atoms with Crippen LogP contribution in [0.1, 0.15) is 40.2 Å². The van der Waals surface area contributed by atoms with Gasteiger partial charge in [-0.1, -0.05) is 51.9 Å². The Bertz CT molecular complexity index is 743. The molecule has 4 heteroatoms. The first-order valence-electron chi connectivity index (χ1n) is 7.89. The molecule has 3 aromatic rings. The van der Waals surface area contributed by atoms with E-state index in [1.807, 2.05) is 38.1 Å². The highest BCUT2D eigenvalue weighted by atomic mass is 16.5. The van der Waals surface area contributed by atoms with Gasteiger partial charge in [-0.2, -0.15) is 4.98 Å². The lowest BCUT2D eigenvalue weighted by Crippen LogP contribution is -2.10. The fraction of sp³-hybridized carbons (Fsp3) is 0.316. The number of rotatable bonds is 2. The fourth-order valence-corrected chi connectivity index (χ4v) is 2.08. The molecule has 0 bridgehead atoms. The van der Waals surface area contributed by atoms with Gasteiger partial charge in [0.2, 0.25) is 5.82 Å². The quantitative estimate of drug-likeness (QED) is 0.659. The van der Waals surface area contributed by atoms with E-state index in [1.54, 1.807) is 12.4 Å². The van der Waals surface area contributed by atoms with Gasteiger partial charge in [0.25, 0.3) is 5.89 Å². The van der Waals surface area contributed by atoms with E-state index in [-0.39, 0.29) is 5.41 Å². The van der Waals surface area contributed by atoms with Gasteiger partial charge >= 0.3 is 0 Å². The highest BCUT2D eigenvalue weighted by Gasteiger charge is 2.16. The van der Waals surface area contributed by atoms with Gasteiger partial charge in [0, 0.05) is 23.5 Å². The van der Waals surface area contributed by atoms with Crippen LogP contribution in [0.25, 0.3) is 22.8 Å². The van der Waals surface area contributed by atoms with Gasteiger partial charge in [-0.3, -0.25) is 4.98 Å². The zero-order valence-electron chi connectivity index (χ0n) is 14.4. The normalized spacial score (nSPS) is 10.8. The standard InChI is InChI=1S/C17H17N3O.C2H6/c1-17(2,3)14-6-4-5-13(11-14)16-19-15(20-21-16)12-7-9-18-10-8-12;1-2/h4-11H,1-3H3;1-2H3. The maximum absolute atomic E-state index is 5.39. The van der Waals surface area contributed by atoms with Crippen LogP contribution in [0.4, 0.5) is 0 Å². The zero-order chi connectivity index (χ0) is 16.9. The zero-order valence-corrected chi connectivity index (χ0v) is 14.4. The minimum absolute atomic E-state index is 0.0873. The number of benzene rings is 1. The van der Waals surface area contributed by atoms with E-state index in [0.29, 0.717) is 11.7 Å². The number of hydrogen-bond acceptors (Lipinski definition) is 4. The molecule has 2 heterocycles. The maximum Gasteiger partial charge on any atom is 0.258 e. The smallest absolute Gasteiger partial charge is 0.258 e. The van der Waals surface area contributed by atoms with Gasteiger partial charge in [-0.05, 0) is 35.2 Å². The van der Waals surface area contributed by atoms with Crippen LogP contribution in [0.2, 0.25) is 0 Å². The minimum atomic E-state index is 0.0873. The Morgan fingerprint density at radius 3 is 2.26 bits per heavy atom. The molecule has 120 valence electrons. The Balaban J connectivity index is 0.000000924. The molecule has 23 heavy (non-hydrogen) atoms. The van der Waals surface area contributed by atoms with Crippen LogP contribution in [0.15, 0.2) is 53.3 Å². The Kier molecular flexibility index (Phi) is 5.27. The second kappa shape index (κ2) is 7.18. The summed E-state index contributed by atoms with van der Waals surface area (Å²) in [7, 11) is 0. The molecule has 0 radical (unpaired) electrons. The molecule has 1 aromatic carbocycles. The van der Waals surface area contributed by atoms with Gasteiger partial charge < -0.3 is 4.52 Å². The van der Waals surface area contributed by atoms with Crippen LogP contribution in [0.3, 0.4) is 0 Å². The Morgan fingerprint density at radius 2 is 1.61 bits per heavy atom. The molecule has 0 aliphatic heterocycles. The number of pyridine rings is 1. The Labute approximate surface area is 137 Å². The molecule has 0 aliphatic carbocycles. The lowest BCUT2D eigenvalue weighted by molar-refractivity contribution is 0.432. The molecule has 0 fully saturated rings. The summed E-state index contributed by atoms with van der Waals surface area (Å²) in [4.78, 5) is 8.46. The van der Waals surface area contributed by atoms with Gasteiger partial charge in [0.15, 0.2) is 0 Å². The summed E-state index contributed by atoms with van der Waals surface area (Å²) in [6.45, 7) is 10.5. The van der Waals surface area contributed by atoms with Crippen molar-refractivity contribution in [1.29, 1.82) is 0 Å². The summed E-state index contributed by atoms with van der Waals surface area (Å²) in [5, 5.41) is 4.04. The predicted molar refractivity (Wildman–Crippen MR) is 93.0 cm³/mol. The lowest BCUT2D eigenvalue weighted by atomic mass is 9.86. The van der Waals surface area contributed by atoms with Crippen LogP contribution >= 0.6 is 0 Å². The second-order valence-corrected chi connectivity index (χ2v) is 5.99. The van der Waals surface area contributed by atoms with Crippen LogP contribution < -0.4 is 0 Å². The Morgan fingerprint density at radius 1 is 0.913 bits per heavy atom. The topological polar surface area (TPSA) is 51.8 Å². The van der Waals surface area contributed by atoms with Gasteiger partial charge in [0.05, 0.1) is 0 Å². The summed E-state index contributed by atoms with van der Waals surface area (Å²) < 4.78 is 5.39. The van der Waals surface area contributed by atoms with Crippen molar-refractivity contribution in [3.05, 3.63) is 54.4 Å². The SMILES string of the molecule is CC.CC(C)(C)c1cccc(-c2nc(-c3ccncc3)no2)c1. The van der Waals surface area contributed by atoms with Crippen molar-refractivity contribution >= 4 is 0 Å². The van der Waals surface area contributed by atoms with Crippen molar-refractivity contribution in [2.45, 2.75) is 40.0 Å². The highest BCUT2D eigenvalue weighted by molar-refractivity contribution is 5.60. The second-order valence-electron chi connectivity index (χ2n) is 5.99. The van der Waals surface area contributed by atoms with E-state index in [4.69, 9.17) is 4.52 Å². The minimum Gasteiger partial charge on any atom is -0.334 e. The summed E-state index contributed by atoms with van der Waals surface area (Å²) >= 11 is 0. The Hall–Kier alpha value is -2.49. The first kappa shape index (κ1) is 16.9. The molecule has 3 rings (SSSR count). The maximum atomic E-state index is 5.39. The molecule has 0 spiro atoms. The van der Waals surface area contributed by atoms with Crippen LogP contribution in [-0.2, 0) is 5.41 Å². The molecule has 0 saturated heterocycles. The average Bonchev–Trinajstić information content (AvgIpc) is 3.07. The van der Waals surface area contributed by atoms with Crippen molar-refractivity contribution in [2.75, 3.05) is 0 Å². The molecule has 0 saturated carbocycles. The van der Waals surface area contributed by atoms with Gasteiger partial charge in [-0.25, -0.2) is 0 Å². The van der Waals surface area contributed by atoms with E-state index < -0.39 is 0 Å². The molecule has 0 aliphatic rings. The molecular formula is C19H23N3O. The third-order valence-electron chi connectivity index (χ3n) is 3.34. The van der Waals surface area contributed by atoms with Gasteiger partial charge in [0.1, 0.15) is 0 Å². The lowest BCUT2D eigenvalue weighted by Gasteiger charge is -2.19. The van der Waals surface area contributed by atoms with E-state index in [0.717, 1.165) is 11.1 Å². The van der Waals surface area contributed by atoms with E-state index in [9.17, 15) is 0 Å². The average molecular weight is 309 g/mol. The molecule has 4 nitrogen and oxygen atoms in total. The van der Waals surface area contributed by atoms with E-state index >= 15 is 0 Å². The molecule has 2 aromatic heterocycles. The molecule has 0 unspecified atom stereocenters. The first-order valence-corrected chi connectivity index (χ1v) is 7.89. The summed E-state index contributed by atoms with van der Waals surface area (Å²) in [5.41, 5.74) is 3.16. The molecule has 0 atom stereocenters. The van der Waals surface area contributed by atoms with Gasteiger partial charge in [-0.15, -0.1) is 0 Å². The van der Waals surface area contributed by atoms with Crippen molar-refractivity contribution in [3.63, 3.8) is 0 Å². The van der Waals surface area contributed by atoms with Crippen LogP contribution in [0, 0.1) is 0 Å². The van der Waals surface area contributed by atoms with E-state index in [1.165, 1.54) is 5.56 Å². The van der Waals surface area contributed by atoms with Crippen molar-refractivity contribution in [1.82, 2.24) is 15.1 Å². The summed E-state index contributed by atoms with van der Waals surface area (Å²) in [6, 6.07) is 11.9. The number of aromatic nitrogens is 3. The highest BCUT2D eigenvalue weighted by Crippen LogP contribution is 2.27. The number of hydrogen-bond donors (Lipinski definition) is 0. The van der Waals surface area contributed by atoms with E-state index in [2.05, 4.69) is 48.0 Å². The molecular weight excluding hydrogens is 286 g/mol. The third-order valence-corrected chi connectivity index (χ3v) is 3.34.